The highest BCUT2D eigenvalue weighted by Gasteiger charge is 2.12. The van der Waals surface area contributed by atoms with Crippen LogP contribution >= 0.6 is 11.6 Å². The van der Waals surface area contributed by atoms with Gasteiger partial charge in [-0.3, -0.25) is 4.79 Å². The second-order valence-electron chi connectivity index (χ2n) is 3.82. The van der Waals surface area contributed by atoms with Gasteiger partial charge in [0.15, 0.2) is 0 Å². The zero-order valence-electron chi connectivity index (χ0n) is 9.78. The summed E-state index contributed by atoms with van der Waals surface area (Å²) in [5, 5.41) is 11.9. The molecule has 100 valence electrons. The van der Waals surface area contributed by atoms with E-state index in [0.717, 1.165) is 6.07 Å². The van der Waals surface area contributed by atoms with Crippen LogP contribution in [-0.4, -0.2) is 21.0 Å². The van der Waals surface area contributed by atoms with Crippen molar-refractivity contribution in [2.45, 2.75) is 13.2 Å². The Balaban J connectivity index is 2.13. The Bertz CT molecular complexity index is 587. The zero-order valence-corrected chi connectivity index (χ0v) is 10.5. The number of carbonyl (C=O) groups excluding carboxylic acids is 1. The summed E-state index contributed by atoms with van der Waals surface area (Å²) >= 11 is 5.82. The van der Waals surface area contributed by atoms with Crippen LogP contribution in [0.4, 0.5) is 4.39 Å². The molecule has 0 spiro atoms. The summed E-state index contributed by atoms with van der Waals surface area (Å²) < 4.78 is 13.2. The van der Waals surface area contributed by atoms with E-state index in [0.29, 0.717) is 11.1 Å². The second kappa shape index (κ2) is 5.81. The normalized spacial score (nSPS) is 10.5. The van der Waals surface area contributed by atoms with Gasteiger partial charge in [0.05, 0.1) is 12.9 Å². The third-order valence-electron chi connectivity index (χ3n) is 2.58. The molecule has 0 fully saturated rings. The Morgan fingerprint density at radius 2 is 2.32 bits per heavy atom. The minimum atomic E-state index is -0.522. The quantitative estimate of drug-likeness (QED) is 0.798. The zero-order chi connectivity index (χ0) is 13.8. The number of hydrogen-bond acceptors (Lipinski definition) is 3. The molecule has 2 aromatic rings. The van der Waals surface area contributed by atoms with Crippen LogP contribution in [0, 0.1) is 5.82 Å². The Labute approximate surface area is 113 Å². The molecular weight excluding hydrogens is 273 g/mol. The highest BCUT2D eigenvalue weighted by atomic mass is 35.5. The molecule has 0 saturated carbocycles. The number of nitrogens with one attached hydrogen (secondary N) is 2. The lowest BCUT2D eigenvalue weighted by Crippen LogP contribution is -2.23. The predicted octanol–water partition coefficient (Wildman–Crippen LogP) is 1.62. The van der Waals surface area contributed by atoms with Gasteiger partial charge in [-0.15, -0.1) is 0 Å². The molecule has 3 N–H and O–H groups in total. The summed E-state index contributed by atoms with van der Waals surface area (Å²) in [6.45, 7) is -0.272. The van der Waals surface area contributed by atoms with Crippen molar-refractivity contribution in [2.24, 2.45) is 0 Å². The Hall–Kier alpha value is -1.92. The standard InChI is InChI=1S/C12H11ClFN3O2/c13-10-2-8(14)1-7(9(10)5-18)3-16-12(19)11-4-15-6-17-11/h1-2,4,6,18H,3,5H2,(H,15,17)(H,16,19). The SMILES string of the molecule is O=C(NCc1cc(F)cc(Cl)c1CO)c1c[nH]cn1. The molecule has 1 aromatic carbocycles. The first-order valence-corrected chi connectivity index (χ1v) is 5.84. The van der Waals surface area contributed by atoms with Gasteiger partial charge in [-0.2, -0.15) is 0 Å². The number of aliphatic hydroxyl groups is 1. The van der Waals surface area contributed by atoms with Gasteiger partial charge in [0.2, 0.25) is 0 Å². The third-order valence-corrected chi connectivity index (χ3v) is 2.92. The van der Waals surface area contributed by atoms with Crippen molar-refractivity contribution >= 4 is 17.5 Å². The Kier molecular flexibility index (Phi) is 4.13. The van der Waals surface area contributed by atoms with Crippen molar-refractivity contribution in [3.8, 4) is 0 Å². The van der Waals surface area contributed by atoms with E-state index < -0.39 is 11.7 Å². The molecule has 0 aliphatic heterocycles. The van der Waals surface area contributed by atoms with Crippen LogP contribution in [0.3, 0.4) is 0 Å². The van der Waals surface area contributed by atoms with E-state index in [9.17, 15) is 14.3 Å². The van der Waals surface area contributed by atoms with Crippen LogP contribution in [0.15, 0.2) is 24.7 Å². The minimum absolute atomic E-state index is 0.0546. The number of benzene rings is 1. The van der Waals surface area contributed by atoms with Crippen molar-refractivity contribution < 1.29 is 14.3 Å². The summed E-state index contributed by atoms with van der Waals surface area (Å²) in [7, 11) is 0. The number of H-pyrrole nitrogens is 1. The molecule has 0 bridgehead atoms. The number of hydrogen-bond donors (Lipinski definition) is 3. The molecule has 1 aromatic heterocycles. The van der Waals surface area contributed by atoms with Gasteiger partial charge >= 0.3 is 0 Å². The summed E-state index contributed by atoms with van der Waals surface area (Å²) in [5.41, 5.74) is 1.05. The molecule has 7 heteroatoms. The minimum Gasteiger partial charge on any atom is -0.392 e. The average Bonchev–Trinajstić information content (AvgIpc) is 2.89. The maximum Gasteiger partial charge on any atom is 0.271 e. The number of amides is 1. The van der Waals surface area contributed by atoms with Crippen molar-refractivity contribution in [1.29, 1.82) is 0 Å². The van der Waals surface area contributed by atoms with Gasteiger partial charge in [-0.25, -0.2) is 9.37 Å². The van der Waals surface area contributed by atoms with Crippen LogP contribution in [0.2, 0.25) is 5.02 Å². The average molecular weight is 284 g/mol. The number of rotatable bonds is 4. The predicted molar refractivity (Wildman–Crippen MR) is 67.1 cm³/mol. The first-order chi connectivity index (χ1) is 9.11. The number of halogens is 2. The summed E-state index contributed by atoms with van der Waals surface area (Å²) in [6, 6.07) is 2.34. The summed E-state index contributed by atoms with van der Waals surface area (Å²) in [5.74, 6) is -0.920. The molecule has 1 heterocycles. The first kappa shape index (κ1) is 13.5. The van der Waals surface area contributed by atoms with Crippen LogP contribution in [-0.2, 0) is 13.2 Å². The van der Waals surface area contributed by atoms with E-state index in [4.69, 9.17) is 11.6 Å². The molecule has 2 rings (SSSR count). The fraction of sp³-hybridized carbons (Fsp3) is 0.167. The molecule has 0 atom stereocenters. The van der Waals surface area contributed by atoms with Crippen molar-refractivity contribution in [2.75, 3.05) is 0 Å². The number of nitrogens with zero attached hydrogens (tertiary/aromatic N) is 1. The molecule has 0 radical (unpaired) electrons. The lowest BCUT2D eigenvalue weighted by Gasteiger charge is -2.10. The molecule has 0 aliphatic rings. The lowest BCUT2D eigenvalue weighted by atomic mass is 10.1. The number of aromatic amines is 1. The van der Waals surface area contributed by atoms with Gasteiger partial charge in [0.1, 0.15) is 11.5 Å². The van der Waals surface area contributed by atoms with Crippen LogP contribution in [0.25, 0.3) is 0 Å². The van der Waals surface area contributed by atoms with Gasteiger partial charge < -0.3 is 15.4 Å². The van der Waals surface area contributed by atoms with E-state index in [1.807, 2.05) is 0 Å². The smallest absolute Gasteiger partial charge is 0.271 e. The number of aromatic nitrogens is 2. The molecule has 0 aliphatic carbocycles. The van der Waals surface area contributed by atoms with Gasteiger partial charge in [-0.1, -0.05) is 11.6 Å². The largest absolute Gasteiger partial charge is 0.392 e. The van der Waals surface area contributed by atoms with Gasteiger partial charge in [-0.05, 0) is 17.7 Å². The maximum absolute atomic E-state index is 13.2. The second-order valence-corrected chi connectivity index (χ2v) is 4.23. The number of imidazole rings is 1. The monoisotopic (exact) mass is 283 g/mol. The molecule has 0 saturated heterocycles. The van der Waals surface area contributed by atoms with E-state index in [-0.39, 0.29) is 23.9 Å². The Morgan fingerprint density at radius 1 is 1.53 bits per heavy atom. The van der Waals surface area contributed by atoms with Gasteiger partial charge in [0.25, 0.3) is 5.91 Å². The lowest BCUT2D eigenvalue weighted by molar-refractivity contribution is 0.0946. The third kappa shape index (κ3) is 3.10. The highest BCUT2D eigenvalue weighted by molar-refractivity contribution is 6.31. The van der Waals surface area contributed by atoms with E-state index in [1.165, 1.54) is 18.6 Å². The first-order valence-electron chi connectivity index (χ1n) is 5.46. The van der Waals surface area contributed by atoms with E-state index in [2.05, 4.69) is 15.3 Å². The highest BCUT2D eigenvalue weighted by Crippen LogP contribution is 2.22. The Morgan fingerprint density at radius 3 is 2.95 bits per heavy atom. The van der Waals surface area contributed by atoms with Crippen molar-refractivity contribution in [3.63, 3.8) is 0 Å². The number of carbonyl (C=O) groups is 1. The molecule has 19 heavy (non-hydrogen) atoms. The topological polar surface area (TPSA) is 78.0 Å². The summed E-state index contributed by atoms with van der Waals surface area (Å²) in [6.07, 6.45) is 2.83. The summed E-state index contributed by atoms with van der Waals surface area (Å²) in [4.78, 5) is 18.1. The van der Waals surface area contributed by atoms with Crippen LogP contribution in [0.5, 0.6) is 0 Å². The number of aliphatic hydroxyl groups excluding tert-OH is 1. The van der Waals surface area contributed by atoms with Crippen LogP contribution in [0.1, 0.15) is 21.6 Å². The van der Waals surface area contributed by atoms with E-state index >= 15 is 0 Å². The fourth-order valence-electron chi connectivity index (χ4n) is 1.64. The fourth-order valence-corrected chi connectivity index (χ4v) is 1.93. The van der Waals surface area contributed by atoms with E-state index in [1.54, 1.807) is 0 Å². The van der Waals surface area contributed by atoms with Crippen LogP contribution < -0.4 is 5.32 Å². The maximum atomic E-state index is 13.2. The van der Waals surface area contributed by atoms with Gasteiger partial charge in [0, 0.05) is 23.3 Å². The molecule has 1 amide bonds. The molecular formula is C12H11ClFN3O2. The molecule has 5 nitrogen and oxygen atoms in total. The van der Waals surface area contributed by atoms with Crippen molar-refractivity contribution in [1.82, 2.24) is 15.3 Å². The molecule has 0 unspecified atom stereocenters. The van der Waals surface area contributed by atoms with Crippen molar-refractivity contribution in [3.05, 3.63) is 52.3 Å².